The third-order valence-electron chi connectivity index (χ3n) is 13.7. The summed E-state index contributed by atoms with van der Waals surface area (Å²) in [6.45, 7) is 17.1. The Labute approximate surface area is 440 Å². The number of aliphatic hydroxyl groups is 1. The van der Waals surface area contributed by atoms with Gasteiger partial charge in [-0.15, -0.1) is 11.8 Å². The van der Waals surface area contributed by atoms with Crippen molar-refractivity contribution in [3.63, 3.8) is 0 Å². The van der Waals surface area contributed by atoms with Gasteiger partial charge in [-0.05, 0) is 137 Å². The average molecular weight is 1060 g/mol. The summed E-state index contributed by atoms with van der Waals surface area (Å²) in [5.41, 5.74) is 4.37. The number of rotatable bonds is 20. The van der Waals surface area contributed by atoms with E-state index in [4.69, 9.17) is 16.3 Å². The monoisotopic (exact) mass is 1060 g/mol. The van der Waals surface area contributed by atoms with Gasteiger partial charge in [0, 0.05) is 111 Å². The number of halogens is 1. The number of hydrogen-bond acceptors (Lipinski definition) is 14. The Balaban J connectivity index is 0.949. The first kappa shape index (κ1) is 55.5. The average Bonchev–Trinajstić information content (AvgIpc) is 3.35. The fraction of sp³-hybridized carbons (Fsp3) is 0.481. The molecule has 4 aromatic carbocycles. The molecule has 394 valence electrons. The smallest absolute Gasteiger partial charge is 0.410 e. The van der Waals surface area contributed by atoms with Crippen LogP contribution in [0.2, 0.25) is 5.02 Å². The van der Waals surface area contributed by atoms with Gasteiger partial charge in [0.1, 0.15) is 11.3 Å². The van der Waals surface area contributed by atoms with Crippen LogP contribution in [0.5, 0.6) is 0 Å². The molecule has 0 saturated carbocycles. The highest BCUT2D eigenvalue weighted by molar-refractivity contribution is 7.99. The second-order valence-electron chi connectivity index (χ2n) is 20.8. The molecule has 1 aliphatic carbocycles. The lowest BCUT2D eigenvalue weighted by atomic mass is 9.71. The number of anilines is 2. The molecule has 0 radical (unpaired) electrons. The Morgan fingerprint density at radius 3 is 2.23 bits per heavy atom. The van der Waals surface area contributed by atoms with Crippen LogP contribution in [0.1, 0.15) is 69.3 Å². The van der Waals surface area contributed by atoms with Gasteiger partial charge in [0.15, 0.2) is 0 Å². The molecule has 0 spiro atoms. The molecule has 19 heteroatoms. The maximum absolute atomic E-state index is 13.6. The minimum atomic E-state index is -4.49. The van der Waals surface area contributed by atoms with Crippen LogP contribution in [0.4, 0.5) is 21.9 Å². The van der Waals surface area contributed by atoms with E-state index in [0.717, 1.165) is 88.3 Å². The fourth-order valence-corrected chi connectivity index (χ4v) is 11.9. The molecule has 3 N–H and O–H groups in total. The van der Waals surface area contributed by atoms with Crippen molar-refractivity contribution < 1.29 is 32.8 Å². The van der Waals surface area contributed by atoms with Crippen LogP contribution in [0, 0.1) is 15.5 Å². The molecule has 2 atom stereocenters. The molecule has 0 bridgehead atoms. The largest absolute Gasteiger partial charge is 0.444 e. The highest BCUT2D eigenvalue weighted by atomic mass is 35.5. The van der Waals surface area contributed by atoms with Crippen molar-refractivity contribution in [1.82, 2.24) is 24.3 Å². The number of allylic oxidation sites excluding steroid dienone is 1. The van der Waals surface area contributed by atoms with Crippen molar-refractivity contribution >= 4 is 68.0 Å². The number of carbonyl (C=O) groups excluding carboxylic acids is 2. The SMILES string of the molecule is CN(CCO)CC[C@H](CSc1ccccc1)Nc1ccc(S(=O)(=O)NC(=O)c2ccc(N3CCN(CC4=C(c5ccc(Cl)cc5)CC[C@@](C)(CN5CCN(C(=O)OC(C)(C)C)CC5)C4)CC3)cc2)cc1[N+](=O)[O-]. The zero-order valence-corrected chi connectivity index (χ0v) is 45.1. The molecule has 0 aromatic heterocycles. The van der Waals surface area contributed by atoms with E-state index in [1.54, 1.807) is 23.9 Å². The number of amides is 2. The van der Waals surface area contributed by atoms with Gasteiger partial charge in [-0.2, -0.15) is 0 Å². The van der Waals surface area contributed by atoms with Gasteiger partial charge in [-0.1, -0.05) is 54.4 Å². The van der Waals surface area contributed by atoms with Gasteiger partial charge in [0.25, 0.3) is 21.6 Å². The first-order valence-electron chi connectivity index (χ1n) is 25.1. The maximum Gasteiger partial charge on any atom is 0.410 e. The molecule has 2 fully saturated rings. The molecule has 0 unspecified atom stereocenters. The van der Waals surface area contributed by atoms with Gasteiger partial charge in [-0.25, -0.2) is 17.9 Å². The number of piperazine rings is 2. The van der Waals surface area contributed by atoms with E-state index >= 15 is 0 Å². The second kappa shape index (κ2) is 24.9. The maximum atomic E-state index is 13.6. The summed E-state index contributed by atoms with van der Waals surface area (Å²) in [6, 6.07) is 28.1. The minimum absolute atomic E-state index is 0.00592. The van der Waals surface area contributed by atoms with Crippen LogP contribution in [0.15, 0.2) is 112 Å². The van der Waals surface area contributed by atoms with E-state index in [9.17, 15) is 33.2 Å². The number of likely N-dealkylation sites (N-methyl/N-ethyl adjacent to an activating group) is 1. The van der Waals surface area contributed by atoms with Crippen molar-refractivity contribution in [3.8, 4) is 0 Å². The normalized spacial score (nSPS) is 18.7. The van der Waals surface area contributed by atoms with Crippen LogP contribution in [0.3, 0.4) is 0 Å². The van der Waals surface area contributed by atoms with Crippen molar-refractivity contribution in [2.45, 2.75) is 74.8 Å². The van der Waals surface area contributed by atoms with E-state index in [1.165, 1.54) is 28.8 Å². The summed E-state index contributed by atoms with van der Waals surface area (Å²) in [5, 5.41) is 25.7. The van der Waals surface area contributed by atoms with Crippen molar-refractivity contribution in [2.24, 2.45) is 5.41 Å². The van der Waals surface area contributed by atoms with Gasteiger partial charge < -0.3 is 29.9 Å². The number of nitrogens with one attached hydrogen (secondary N) is 2. The summed E-state index contributed by atoms with van der Waals surface area (Å²) in [5.74, 6) is -0.273. The predicted molar refractivity (Wildman–Crippen MR) is 291 cm³/mol. The molecule has 2 aliphatic heterocycles. The van der Waals surface area contributed by atoms with Crippen LogP contribution in [-0.4, -0.2) is 160 Å². The second-order valence-corrected chi connectivity index (χ2v) is 24.0. The van der Waals surface area contributed by atoms with E-state index in [-0.39, 0.29) is 35.4 Å². The molecular weight excluding hydrogens is 988 g/mol. The predicted octanol–water partition coefficient (Wildman–Crippen LogP) is 8.57. The van der Waals surface area contributed by atoms with Crippen molar-refractivity contribution in [2.75, 3.05) is 108 Å². The summed E-state index contributed by atoms with van der Waals surface area (Å²) >= 11 is 7.92. The van der Waals surface area contributed by atoms with E-state index in [0.29, 0.717) is 43.4 Å². The Morgan fingerprint density at radius 2 is 1.59 bits per heavy atom. The number of thioether (sulfide) groups is 1. The molecule has 4 aromatic rings. The lowest BCUT2D eigenvalue weighted by Gasteiger charge is -2.44. The quantitative estimate of drug-likeness (QED) is 0.0435. The van der Waals surface area contributed by atoms with Crippen molar-refractivity contribution in [1.29, 1.82) is 0 Å². The van der Waals surface area contributed by atoms with Gasteiger partial charge >= 0.3 is 6.09 Å². The molecule has 73 heavy (non-hydrogen) atoms. The fourth-order valence-electron chi connectivity index (χ4n) is 9.79. The number of aliphatic hydroxyl groups excluding tert-OH is 1. The highest BCUT2D eigenvalue weighted by Gasteiger charge is 2.36. The molecule has 7 rings (SSSR count). The lowest BCUT2D eigenvalue weighted by Crippen LogP contribution is -2.52. The number of benzene rings is 4. The first-order chi connectivity index (χ1) is 34.8. The molecular formula is C54H71ClN8O8S2. The zero-order chi connectivity index (χ0) is 52.3. The van der Waals surface area contributed by atoms with Crippen molar-refractivity contribution in [3.05, 3.63) is 129 Å². The Hall–Kier alpha value is -5.21. The number of nitro groups is 1. The number of nitrogens with zero attached hydrogens (tertiary/aromatic N) is 6. The Bertz CT molecular complexity index is 2660. The van der Waals surface area contributed by atoms with Crippen LogP contribution >= 0.6 is 23.4 Å². The van der Waals surface area contributed by atoms with Crippen LogP contribution in [0.25, 0.3) is 5.57 Å². The van der Waals surface area contributed by atoms with E-state index < -0.39 is 37.0 Å². The Kier molecular flexibility index (Phi) is 18.9. The summed E-state index contributed by atoms with van der Waals surface area (Å²) in [7, 11) is -2.61. The first-order valence-corrected chi connectivity index (χ1v) is 27.9. The van der Waals surface area contributed by atoms with E-state index in [2.05, 4.69) is 43.8 Å². The molecule has 3 aliphatic rings. The molecule has 2 saturated heterocycles. The summed E-state index contributed by atoms with van der Waals surface area (Å²) in [6.07, 6.45) is 3.35. The molecule has 2 heterocycles. The topological polar surface area (TPSA) is 181 Å². The third kappa shape index (κ3) is 15.9. The van der Waals surface area contributed by atoms with Crippen LogP contribution < -0.4 is 14.9 Å². The number of ether oxygens (including phenoxy) is 1. The summed E-state index contributed by atoms with van der Waals surface area (Å²) in [4.78, 5) is 49.6. The number of carbonyl (C=O) groups is 2. The zero-order valence-electron chi connectivity index (χ0n) is 42.7. The Morgan fingerprint density at radius 1 is 0.918 bits per heavy atom. The minimum Gasteiger partial charge on any atom is -0.444 e. The number of nitro benzene ring substituents is 1. The summed E-state index contributed by atoms with van der Waals surface area (Å²) < 4.78 is 34.9. The third-order valence-corrected chi connectivity index (χ3v) is 16.5. The highest BCUT2D eigenvalue weighted by Crippen LogP contribution is 2.44. The van der Waals surface area contributed by atoms with Gasteiger partial charge in [0.2, 0.25) is 0 Å². The van der Waals surface area contributed by atoms with Gasteiger partial charge in [0.05, 0.1) is 16.4 Å². The number of sulfonamides is 1. The lowest BCUT2D eigenvalue weighted by molar-refractivity contribution is -0.384. The van der Waals surface area contributed by atoms with Gasteiger partial charge in [-0.3, -0.25) is 24.7 Å². The molecule has 16 nitrogen and oxygen atoms in total. The molecule has 2 amide bonds. The van der Waals surface area contributed by atoms with E-state index in [1.807, 2.05) is 92.2 Å². The van der Waals surface area contributed by atoms with Crippen LogP contribution in [-0.2, 0) is 14.8 Å². The number of hydrogen-bond donors (Lipinski definition) is 3. The standard InChI is InChI=1S/C54H71ClN8O8S2/c1-53(2,3)71-52(66)62-31-27-60(28-32-62)39-54(4)23-21-48(40-11-15-43(55)16-12-40)42(36-54)37-59-25-29-61(30-26-59)45-17-13-41(14-18-45)51(65)57-73(69,70)47-19-20-49(50(35-47)63(67)68)56-44(22-24-58(5)33-34-64)38-72-46-9-7-6-8-10-46/h6-20,35,44,56,64H,21-34,36-39H2,1-5H3,(H,57,65)/t44-,54-/m1/s1.